The fourth-order valence-corrected chi connectivity index (χ4v) is 8.28. The van der Waals surface area contributed by atoms with Crippen molar-refractivity contribution in [3.05, 3.63) is 36.0 Å². The number of carbonyl (C=O) groups is 1. The third-order valence-corrected chi connectivity index (χ3v) is 11.3. The first-order valence-corrected chi connectivity index (χ1v) is 16.2. The smallest absolute Gasteiger partial charge is 0.239 e. The van der Waals surface area contributed by atoms with Crippen LogP contribution in [-0.2, 0) is 21.0 Å². The number of aromatic nitrogens is 2. The highest BCUT2D eigenvalue weighted by molar-refractivity contribution is 7.85. The molecule has 40 heavy (non-hydrogen) atoms. The number of benzene rings is 1. The van der Waals surface area contributed by atoms with E-state index in [2.05, 4.69) is 22.1 Å². The Balaban J connectivity index is 0.00000158. The monoisotopic (exact) mass is 567 g/mol. The van der Waals surface area contributed by atoms with Gasteiger partial charge < -0.3 is 15.3 Å². The van der Waals surface area contributed by atoms with Gasteiger partial charge in [-0.25, -0.2) is 4.98 Å². The molecule has 2 N–H and O–H groups in total. The lowest BCUT2D eigenvalue weighted by molar-refractivity contribution is -0.121. The van der Waals surface area contributed by atoms with Crippen molar-refractivity contribution in [2.24, 2.45) is 5.41 Å². The minimum atomic E-state index is -1.07. The molecule has 1 aromatic carbocycles. The average Bonchev–Trinajstić information content (AvgIpc) is 3.70. The maximum atomic E-state index is 13.3. The molecule has 0 radical (unpaired) electrons. The zero-order valence-electron chi connectivity index (χ0n) is 24.9. The van der Waals surface area contributed by atoms with Crippen LogP contribution in [0.1, 0.15) is 85.6 Å². The van der Waals surface area contributed by atoms with E-state index in [0.29, 0.717) is 17.2 Å². The second-order valence-electron chi connectivity index (χ2n) is 12.4. The number of nitrogens with zero attached hydrogens (tertiary/aromatic N) is 4. The van der Waals surface area contributed by atoms with Gasteiger partial charge in [-0.05, 0) is 109 Å². The second kappa shape index (κ2) is 10.8. The molecule has 2 aliphatic carbocycles. The van der Waals surface area contributed by atoms with Crippen LogP contribution in [0.25, 0.3) is 0 Å². The van der Waals surface area contributed by atoms with E-state index >= 15 is 0 Å². The Hall–Kier alpha value is -2.36. The molecule has 6 rings (SSSR count). The van der Waals surface area contributed by atoms with Crippen molar-refractivity contribution in [3.63, 3.8) is 0 Å². The van der Waals surface area contributed by atoms with Crippen LogP contribution < -0.4 is 10.2 Å². The van der Waals surface area contributed by atoms with E-state index in [9.17, 15) is 14.1 Å². The van der Waals surface area contributed by atoms with Gasteiger partial charge >= 0.3 is 0 Å². The summed E-state index contributed by atoms with van der Waals surface area (Å²) in [6, 6.07) is 7.28. The molecule has 4 aliphatic rings. The number of rotatable bonds is 7. The number of aliphatic hydroxyl groups is 1. The first-order valence-electron chi connectivity index (χ1n) is 15.0. The van der Waals surface area contributed by atoms with Crippen molar-refractivity contribution < 1.29 is 14.1 Å². The lowest BCUT2D eigenvalue weighted by Crippen LogP contribution is -2.50. The predicted molar refractivity (Wildman–Crippen MR) is 160 cm³/mol. The molecule has 9 heteroatoms. The molecule has 0 bridgehead atoms. The van der Waals surface area contributed by atoms with Gasteiger partial charge in [0.1, 0.15) is 5.82 Å². The topological polar surface area (TPSA) is 98.7 Å². The average molecular weight is 568 g/mol. The van der Waals surface area contributed by atoms with Gasteiger partial charge in [0, 0.05) is 27.6 Å². The van der Waals surface area contributed by atoms with Crippen LogP contribution in [0.3, 0.4) is 0 Å². The van der Waals surface area contributed by atoms with Crippen LogP contribution in [0.4, 0.5) is 17.5 Å². The molecule has 2 aromatic rings. The fourth-order valence-electron chi connectivity index (χ4n) is 6.48. The van der Waals surface area contributed by atoms with E-state index in [-0.39, 0.29) is 11.2 Å². The number of carbonyl (C=O) groups excluding carboxylic acids is 1. The standard InChI is InChI=1S/C29H39N5O3S.C2H6/c1-5-33-14-12-28(13-15-33)16-22(17-28)38(37)21-8-6-20(7-9-21)31-26-30-18-23-24(32-26)34(19(2)27(3,4)36)25(35)29(23)10-11-29;1-2/h6-9,18-19,22,36H,5,10-17H2,1-4H3,(H,30,31,32);1-2H3. The van der Waals surface area contributed by atoms with Crippen LogP contribution in [0, 0.1) is 5.41 Å². The summed E-state index contributed by atoms with van der Waals surface area (Å²) in [5.41, 5.74) is 0.482. The summed E-state index contributed by atoms with van der Waals surface area (Å²) < 4.78 is 13.2. The van der Waals surface area contributed by atoms with Crippen LogP contribution in [0.5, 0.6) is 0 Å². The Morgan fingerprint density at radius 1 is 1.12 bits per heavy atom. The summed E-state index contributed by atoms with van der Waals surface area (Å²) in [5.74, 6) is 0.991. The minimum Gasteiger partial charge on any atom is -0.388 e. The second-order valence-corrected chi connectivity index (χ2v) is 14.2. The summed E-state index contributed by atoms with van der Waals surface area (Å²) in [6.07, 6.45) is 7.95. The number of hydrogen-bond acceptors (Lipinski definition) is 7. The van der Waals surface area contributed by atoms with Gasteiger partial charge in [0.2, 0.25) is 11.9 Å². The molecule has 3 fully saturated rings. The van der Waals surface area contributed by atoms with E-state index in [1.807, 2.05) is 45.0 Å². The lowest BCUT2D eigenvalue weighted by Gasteiger charge is -2.51. The first kappa shape index (κ1) is 29.1. The van der Waals surface area contributed by atoms with Crippen LogP contribution in [0.2, 0.25) is 0 Å². The maximum Gasteiger partial charge on any atom is 0.239 e. The number of piperidine rings is 1. The molecular formula is C31H45N5O3S. The summed E-state index contributed by atoms with van der Waals surface area (Å²) in [4.78, 5) is 27.6. The van der Waals surface area contributed by atoms with E-state index in [0.717, 1.165) is 48.4 Å². The van der Waals surface area contributed by atoms with Crippen molar-refractivity contribution in [3.8, 4) is 0 Å². The summed E-state index contributed by atoms with van der Waals surface area (Å²) in [6.45, 7) is 15.0. The molecule has 2 aliphatic heterocycles. The van der Waals surface area contributed by atoms with Crippen molar-refractivity contribution in [2.45, 2.75) is 107 Å². The van der Waals surface area contributed by atoms with Crippen LogP contribution in [0.15, 0.2) is 35.4 Å². The van der Waals surface area contributed by atoms with E-state index in [4.69, 9.17) is 4.98 Å². The number of fused-ring (bicyclic) bond motifs is 2. The van der Waals surface area contributed by atoms with Gasteiger partial charge in [0.25, 0.3) is 0 Å². The number of likely N-dealkylation sites (tertiary alicyclic amines) is 1. The van der Waals surface area contributed by atoms with Crippen molar-refractivity contribution in [1.82, 2.24) is 14.9 Å². The first-order chi connectivity index (χ1) is 19.1. The van der Waals surface area contributed by atoms with E-state index in [1.54, 1.807) is 24.9 Å². The molecule has 2 atom stereocenters. The van der Waals surface area contributed by atoms with Crippen molar-refractivity contribution in [2.75, 3.05) is 29.9 Å². The zero-order valence-corrected chi connectivity index (χ0v) is 25.7. The van der Waals surface area contributed by atoms with Gasteiger partial charge in [0.05, 0.1) is 27.9 Å². The normalized spacial score (nSPS) is 22.8. The van der Waals surface area contributed by atoms with E-state index in [1.165, 1.54) is 25.9 Å². The SMILES string of the molecule is CC.CCN1CCC2(CC1)CC(S(=O)c1ccc(Nc3ncc4c(n3)N(C(C)C(C)(C)O)C(=O)C43CC3)cc1)C2. The van der Waals surface area contributed by atoms with Gasteiger partial charge in [-0.3, -0.25) is 13.9 Å². The molecule has 3 heterocycles. The highest BCUT2D eigenvalue weighted by Gasteiger charge is 2.62. The molecule has 2 unspecified atom stereocenters. The quantitative estimate of drug-likeness (QED) is 0.477. The maximum absolute atomic E-state index is 13.3. The molecule has 1 aromatic heterocycles. The molecule has 2 spiro atoms. The van der Waals surface area contributed by atoms with Gasteiger partial charge in [-0.1, -0.05) is 20.8 Å². The van der Waals surface area contributed by atoms with Gasteiger partial charge in [-0.15, -0.1) is 0 Å². The Kier molecular flexibility index (Phi) is 7.87. The van der Waals surface area contributed by atoms with Crippen LogP contribution in [-0.4, -0.2) is 66.6 Å². The lowest BCUT2D eigenvalue weighted by atomic mass is 9.63. The molecular weight excluding hydrogens is 522 g/mol. The highest BCUT2D eigenvalue weighted by atomic mass is 32.2. The minimum absolute atomic E-state index is 0.00842. The Bertz CT molecular complexity index is 1250. The highest BCUT2D eigenvalue weighted by Crippen LogP contribution is 2.57. The molecule has 8 nitrogen and oxygen atoms in total. The fraction of sp³-hybridized carbons (Fsp3) is 0.645. The molecule has 1 saturated heterocycles. The summed E-state index contributed by atoms with van der Waals surface area (Å²) in [7, 11) is -0.999. The number of nitrogens with one attached hydrogen (secondary N) is 1. The van der Waals surface area contributed by atoms with Gasteiger partial charge in [-0.2, -0.15) is 4.98 Å². The van der Waals surface area contributed by atoms with E-state index < -0.39 is 27.9 Å². The van der Waals surface area contributed by atoms with Crippen molar-refractivity contribution >= 4 is 34.2 Å². The third kappa shape index (κ3) is 5.09. The largest absolute Gasteiger partial charge is 0.388 e. The number of amides is 1. The molecule has 218 valence electrons. The Morgan fingerprint density at radius 3 is 2.30 bits per heavy atom. The Labute approximate surface area is 241 Å². The van der Waals surface area contributed by atoms with Gasteiger partial charge in [0.15, 0.2) is 0 Å². The molecule has 1 amide bonds. The summed E-state index contributed by atoms with van der Waals surface area (Å²) in [5, 5.41) is 14.1. The zero-order chi connectivity index (χ0) is 28.9. The third-order valence-electron chi connectivity index (χ3n) is 9.63. The van der Waals surface area contributed by atoms with Crippen LogP contribution >= 0.6 is 0 Å². The van der Waals surface area contributed by atoms with Crippen molar-refractivity contribution in [1.29, 1.82) is 0 Å². The molecule has 2 saturated carbocycles. The Morgan fingerprint density at radius 2 is 1.75 bits per heavy atom. The number of hydrogen-bond donors (Lipinski definition) is 2. The predicted octanol–water partition coefficient (Wildman–Crippen LogP) is 5.16. The number of anilines is 3. The summed E-state index contributed by atoms with van der Waals surface area (Å²) >= 11 is 0.